The summed E-state index contributed by atoms with van der Waals surface area (Å²) < 4.78 is 0. The Balaban J connectivity index is 1.72. The second kappa shape index (κ2) is 8.20. The summed E-state index contributed by atoms with van der Waals surface area (Å²) in [4.78, 5) is 25.1. The first-order valence-corrected chi connectivity index (χ1v) is 8.53. The minimum atomic E-state index is -0.247. The number of carbonyl (C=O) groups is 1. The Morgan fingerprint density at radius 1 is 1.08 bits per heavy atom. The van der Waals surface area contributed by atoms with Gasteiger partial charge in [-0.1, -0.05) is 25.1 Å². The van der Waals surface area contributed by atoms with Gasteiger partial charge < -0.3 is 10.6 Å². The van der Waals surface area contributed by atoms with Crippen molar-refractivity contribution in [3.05, 3.63) is 77.4 Å². The molecule has 0 atom stereocenters. The van der Waals surface area contributed by atoms with Gasteiger partial charge in [0.2, 0.25) is 5.95 Å². The van der Waals surface area contributed by atoms with Crippen LogP contribution in [0.5, 0.6) is 0 Å². The molecule has 6 heteroatoms. The van der Waals surface area contributed by atoms with Crippen molar-refractivity contribution in [1.29, 1.82) is 0 Å². The molecule has 0 saturated carbocycles. The fourth-order valence-electron chi connectivity index (χ4n) is 2.63. The standard InChI is InChI=1S/C20H21N5O/c1-3-16-6-4-5-14(2)18(16)25-19(26)17-9-12-22-20(24-17)23-13-15-7-10-21-11-8-15/h4-12H,3,13H2,1-2H3,(H,25,26)(H,22,23,24). The molecule has 0 saturated heterocycles. The average Bonchev–Trinajstić information content (AvgIpc) is 2.69. The summed E-state index contributed by atoms with van der Waals surface area (Å²) in [6.45, 7) is 4.61. The van der Waals surface area contributed by atoms with Crippen molar-refractivity contribution < 1.29 is 4.79 Å². The number of rotatable bonds is 6. The van der Waals surface area contributed by atoms with Gasteiger partial charge in [0.1, 0.15) is 5.69 Å². The van der Waals surface area contributed by atoms with E-state index in [2.05, 4.69) is 32.5 Å². The van der Waals surface area contributed by atoms with Gasteiger partial charge in [-0.05, 0) is 48.2 Å². The zero-order chi connectivity index (χ0) is 18.4. The first-order chi connectivity index (χ1) is 12.7. The summed E-state index contributed by atoms with van der Waals surface area (Å²) in [6, 6.07) is 11.4. The maximum atomic E-state index is 12.6. The molecule has 2 N–H and O–H groups in total. The molecule has 0 radical (unpaired) electrons. The molecule has 3 rings (SSSR count). The van der Waals surface area contributed by atoms with E-state index >= 15 is 0 Å². The van der Waals surface area contributed by atoms with E-state index in [-0.39, 0.29) is 5.91 Å². The van der Waals surface area contributed by atoms with E-state index in [4.69, 9.17) is 0 Å². The zero-order valence-corrected chi connectivity index (χ0v) is 14.9. The Labute approximate surface area is 152 Å². The van der Waals surface area contributed by atoms with E-state index in [1.165, 1.54) is 0 Å². The molecule has 0 fully saturated rings. The molecule has 0 aliphatic heterocycles. The number of amides is 1. The minimum absolute atomic E-state index is 0.247. The molecule has 6 nitrogen and oxygen atoms in total. The van der Waals surface area contributed by atoms with E-state index in [1.54, 1.807) is 24.7 Å². The van der Waals surface area contributed by atoms with Crippen LogP contribution >= 0.6 is 0 Å². The molecule has 0 aliphatic carbocycles. The number of aromatic nitrogens is 3. The summed E-state index contributed by atoms with van der Waals surface area (Å²) in [5, 5.41) is 6.11. The Morgan fingerprint density at radius 3 is 2.65 bits per heavy atom. The smallest absolute Gasteiger partial charge is 0.274 e. The Hall–Kier alpha value is -3.28. The maximum absolute atomic E-state index is 12.6. The number of nitrogens with one attached hydrogen (secondary N) is 2. The van der Waals surface area contributed by atoms with Crippen LogP contribution in [0.1, 0.15) is 34.1 Å². The first-order valence-electron chi connectivity index (χ1n) is 8.53. The van der Waals surface area contributed by atoms with Crippen molar-refractivity contribution in [2.45, 2.75) is 26.8 Å². The van der Waals surface area contributed by atoms with Gasteiger partial charge in [0.25, 0.3) is 5.91 Å². The highest BCUT2D eigenvalue weighted by Gasteiger charge is 2.12. The summed E-state index contributed by atoms with van der Waals surface area (Å²) in [5.74, 6) is 0.165. The van der Waals surface area contributed by atoms with Crippen LogP contribution in [0.3, 0.4) is 0 Å². The maximum Gasteiger partial charge on any atom is 0.274 e. The van der Waals surface area contributed by atoms with Crippen molar-refractivity contribution in [3.63, 3.8) is 0 Å². The van der Waals surface area contributed by atoms with E-state index in [1.807, 2.05) is 37.3 Å². The van der Waals surface area contributed by atoms with E-state index in [0.29, 0.717) is 18.2 Å². The molecule has 3 aromatic rings. The number of hydrogen-bond donors (Lipinski definition) is 2. The third-order valence-electron chi connectivity index (χ3n) is 4.07. The lowest BCUT2D eigenvalue weighted by Crippen LogP contribution is -2.17. The number of nitrogens with zero attached hydrogens (tertiary/aromatic N) is 3. The van der Waals surface area contributed by atoms with Gasteiger partial charge in [0.15, 0.2) is 0 Å². The molecule has 1 amide bonds. The first kappa shape index (κ1) is 17.5. The Bertz CT molecular complexity index is 896. The van der Waals surface area contributed by atoms with Gasteiger partial charge in [-0.25, -0.2) is 9.97 Å². The van der Waals surface area contributed by atoms with Crippen LogP contribution in [0.4, 0.5) is 11.6 Å². The third-order valence-corrected chi connectivity index (χ3v) is 4.07. The predicted molar refractivity (Wildman–Crippen MR) is 102 cm³/mol. The van der Waals surface area contributed by atoms with E-state index < -0.39 is 0 Å². The number of benzene rings is 1. The average molecular weight is 347 g/mol. The molecule has 2 heterocycles. The van der Waals surface area contributed by atoms with Crippen molar-refractivity contribution in [1.82, 2.24) is 15.0 Å². The molecule has 1 aromatic carbocycles. The number of carbonyl (C=O) groups excluding carboxylic acids is 1. The molecule has 0 bridgehead atoms. The highest BCUT2D eigenvalue weighted by Crippen LogP contribution is 2.21. The predicted octanol–water partition coefficient (Wildman–Crippen LogP) is 3.61. The van der Waals surface area contributed by atoms with Gasteiger partial charge >= 0.3 is 0 Å². The van der Waals surface area contributed by atoms with Crippen LogP contribution in [0.15, 0.2) is 55.0 Å². The molecule has 0 aliphatic rings. The van der Waals surface area contributed by atoms with Crippen LogP contribution in [0.25, 0.3) is 0 Å². The molecule has 26 heavy (non-hydrogen) atoms. The largest absolute Gasteiger partial charge is 0.350 e. The quantitative estimate of drug-likeness (QED) is 0.712. The van der Waals surface area contributed by atoms with Gasteiger partial charge in [-0.2, -0.15) is 0 Å². The molecule has 2 aromatic heterocycles. The summed E-state index contributed by atoms with van der Waals surface area (Å²) >= 11 is 0. The summed E-state index contributed by atoms with van der Waals surface area (Å²) in [6.07, 6.45) is 5.89. The molecule has 132 valence electrons. The van der Waals surface area contributed by atoms with Crippen LogP contribution in [0.2, 0.25) is 0 Å². The van der Waals surface area contributed by atoms with Gasteiger partial charge in [0.05, 0.1) is 0 Å². The number of pyridine rings is 1. The molecular weight excluding hydrogens is 326 g/mol. The molecule has 0 unspecified atom stereocenters. The van der Waals surface area contributed by atoms with E-state index in [0.717, 1.165) is 28.8 Å². The van der Waals surface area contributed by atoms with Gasteiger partial charge in [0, 0.05) is 30.8 Å². The fraction of sp³-hybridized carbons (Fsp3) is 0.200. The fourth-order valence-corrected chi connectivity index (χ4v) is 2.63. The number of hydrogen-bond acceptors (Lipinski definition) is 5. The van der Waals surface area contributed by atoms with Crippen LogP contribution in [-0.4, -0.2) is 20.9 Å². The van der Waals surface area contributed by atoms with Crippen molar-refractivity contribution >= 4 is 17.5 Å². The molecule has 0 spiro atoms. The van der Waals surface area contributed by atoms with Crippen molar-refractivity contribution in [2.24, 2.45) is 0 Å². The number of aryl methyl sites for hydroxylation is 2. The normalized spacial score (nSPS) is 10.4. The lowest BCUT2D eigenvalue weighted by molar-refractivity contribution is 0.102. The number of para-hydroxylation sites is 1. The van der Waals surface area contributed by atoms with Crippen molar-refractivity contribution in [3.8, 4) is 0 Å². The highest BCUT2D eigenvalue weighted by molar-refractivity contribution is 6.03. The summed E-state index contributed by atoms with van der Waals surface area (Å²) in [5.41, 5.74) is 4.37. The van der Waals surface area contributed by atoms with Gasteiger partial charge in [-0.3, -0.25) is 9.78 Å². The zero-order valence-electron chi connectivity index (χ0n) is 14.9. The topological polar surface area (TPSA) is 79.8 Å². The lowest BCUT2D eigenvalue weighted by atomic mass is 10.1. The summed E-state index contributed by atoms with van der Waals surface area (Å²) in [7, 11) is 0. The Morgan fingerprint density at radius 2 is 1.88 bits per heavy atom. The van der Waals surface area contributed by atoms with Crippen molar-refractivity contribution in [2.75, 3.05) is 10.6 Å². The van der Waals surface area contributed by atoms with Crippen LogP contribution in [0, 0.1) is 6.92 Å². The SMILES string of the molecule is CCc1cccc(C)c1NC(=O)c1ccnc(NCc2ccncc2)n1. The number of anilines is 2. The third kappa shape index (κ3) is 4.22. The van der Waals surface area contributed by atoms with Crippen LogP contribution < -0.4 is 10.6 Å². The minimum Gasteiger partial charge on any atom is -0.350 e. The van der Waals surface area contributed by atoms with Crippen LogP contribution in [-0.2, 0) is 13.0 Å². The highest BCUT2D eigenvalue weighted by atomic mass is 16.1. The molecular formula is C20H21N5O. The Kier molecular flexibility index (Phi) is 5.53. The second-order valence-electron chi connectivity index (χ2n) is 5.89. The monoisotopic (exact) mass is 347 g/mol. The van der Waals surface area contributed by atoms with Gasteiger partial charge in [-0.15, -0.1) is 0 Å². The second-order valence-corrected chi connectivity index (χ2v) is 5.89. The van der Waals surface area contributed by atoms with E-state index in [9.17, 15) is 4.79 Å². The lowest BCUT2D eigenvalue weighted by Gasteiger charge is -2.13.